The average Bonchev–Trinajstić information content (AvgIpc) is 2.26. The first-order chi connectivity index (χ1) is 8.56. The van der Waals surface area contributed by atoms with Gasteiger partial charge in [0.05, 0.1) is 0 Å². The van der Waals surface area contributed by atoms with E-state index in [1.165, 1.54) is 0 Å². The van der Waals surface area contributed by atoms with E-state index in [0.29, 0.717) is 15.9 Å². The number of nitrogens with zero attached hydrogens (tertiary/aromatic N) is 2. The number of nitrogens with one attached hydrogen (secondary N) is 1. The van der Waals surface area contributed by atoms with Crippen LogP contribution in [0.2, 0.25) is 10.0 Å². The first kappa shape index (κ1) is 13.6. The van der Waals surface area contributed by atoms with Gasteiger partial charge in [-0.3, -0.25) is 0 Å². The summed E-state index contributed by atoms with van der Waals surface area (Å²) < 4.78 is 0.741. The Bertz CT molecular complexity index is 555. The molecule has 3 nitrogen and oxygen atoms in total. The zero-order chi connectivity index (χ0) is 13.1. The molecule has 1 N–H and O–H groups in total. The Morgan fingerprint density at radius 3 is 2.39 bits per heavy atom. The summed E-state index contributed by atoms with van der Waals surface area (Å²) in [5, 5.41) is 4.31. The standard InChI is InChI=1S/C12H10BrCl2N3/c1-2-11-17-10(13)6-12(18-11)16-9-4-7(14)3-8(15)5-9/h3-6H,2H2,1H3,(H,16,17,18). The van der Waals surface area contributed by atoms with E-state index in [-0.39, 0.29) is 0 Å². The number of hydrogen-bond donors (Lipinski definition) is 1. The van der Waals surface area contributed by atoms with E-state index in [0.717, 1.165) is 22.5 Å². The van der Waals surface area contributed by atoms with Crippen LogP contribution in [0.5, 0.6) is 0 Å². The zero-order valence-electron chi connectivity index (χ0n) is 9.54. The molecular formula is C12H10BrCl2N3. The van der Waals surface area contributed by atoms with Crippen LogP contribution in [0.4, 0.5) is 11.5 Å². The van der Waals surface area contributed by atoms with Crippen molar-refractivity contribution in [1.29, 1.82) is 0 Å². The quantitative estimate of drug-likeness (QED) is 0.807. The maximum absolute atomic E-state index is 5.94. The highest BCUT2D eigenvalue weighted by molar-refractivity contribution is 9.10. The van der Waals surface area contributed by atoms with E-state index >= 15 is 0 Å². The van der Waals surface area contributed by atoms with Crippen LogP contribution in [0.3, 0.4) is 0 Å². The summed E-state index contributed by atoms with van der Waals surface area (Å²) in [5.41, 5.74) is 0.792. The lowest BCUT2D eigenvalue weighted by molar-refractivity contribution is 0.931. The van der Waals surface area contributed by atoms with Gasteiger partial charge < -0.3 is 5.32 Å². The fourth-order valence-electron chi connectivity index (χ4n) is 1.46. The molecule has 0 unspecified atom stereocenters. The summed E-state index contributed by atoms with van der Waals surface area (Å²) in [7, 11) is 0. The van der Waals surface area contributed by atoms with Crippen LogP contribution in [0.15, 0.2) is 28.9 Å². The highest BCUT2D eigenvalue weighted by Crippen LogP contribution is 2.25. The molecule has 2 aromatic rings. The van der Waals surface area contributed by atoms with E-state index in [2.05, 4.69) is 31.2 Å². The van der Waals surface area contributed by atoms with Gasteiger partial charge >= 0.3 is 0 Å². The van der Waals surface area contributed by atoms with Crippen molar-refractivity contribution in [3.63, 3.8) is 0 Å². The van der Waals surface area contributed by atoms with E-state index in [1.807, 2.05) is 6.92 Å². The van der Waals surface area contributed by atoms with Crippen LogP contribution in [0.1, 0.15) is 12.7 Å². The number of anilines is 2. The van der Waals surface area contributed by atoms with Crippen molar-refractivity contribution < 1.29 is 0 Å². The second-order valence-electron chi connectivity index (χ2n) is 3.63. The number of benzene rings is 1. The fraction of sp³-hybridized carbons (Fsp3) is 0.167. The van der Waals surface area contributed by atoms with Crippen molar-refractivity contribution in [2.45, 2.75) is 13.3 Å². The van der Waals surface area contributed by atoms with Gasteiger partial charge in [-0.15, -0.1) is 0 Å². The second kappa shape index (κ2) is 5.87. The zero-order valence-corrected chi connectivity index (χ0v) is 12.6. The van der Waals surface area contributed by atoms with Gasteiger partial charge in [-0.2, -0.15) is 0 Å². The van der Waals surface area contributed by atoms with Crippen molar-refractivity contribution in [1.82, 2.24) is 9.97 Å². The molecule has 2 rings (SSSR count). The molecule has 18 heavy (non-hydrogen) atoms. The third-order valence-corrected chi connectivity index (χ3v) is 3.04. The molecule has 6 heteroatoms. The summed E-state index contributed by atoms with van der Waals surface area (Å²) in [6.45, 7) is 2.00. The Kier molecular flexibility index (Phi) is 4.43. The second-order valence-corrected chi connectivity index (χ2v) is 5.31. The van der Waals surface area contributed by atoms with E-state index < -0.39 is 0 Å². The number of halogens is 3. The van der Waals surface area contributed by atoms with Gasteiger partial charge in [-0.05, 0) is 34.1 Å². The minimum atomic E-state index is 0.578. The van der Waals surface area contributed by atoms with Crippen LogP contribution in [-0.4, -0.2) is 9.97 Å². The molecule has 0 saturated carbocycles. The van der Waals surface area contributed by atoms with Crippen LogP contribution < -0.4 is 5.32 Å². The molecule has 0 bridgehead atoms. The van der Waals surface area contributed by atoms with Gasteiger partial charge in [0, 0.05) is 28.2 Å². The minimum Gasteiger partial charge on any atom is -0.340 e. The van der Waals surface area contributed by atoms with Gasteiger partial charge in [0.15, 0.2) is 0 Å². The molecule has 94 valence electrons. The van der Waals surface area contributed by atoms with E-state index in [1.54, 1.807) is 24.3 Å². The van der Waals surface area contributed by atoms with Crippen molar-refractivity contribution in [2.24, 2.45) is 0 Å². The van der Waals surface area contributed by atoms with Crippen molar-refractivity contribution >= 4 is 50.6 Å². The minimum absolute atomic E-state index is 0.578. The molecule has 0 aliphatic carbocycles. The van der Waals surface area contributed by atoms with E-state index in [4.69, 9.17) is 23.2 Å². The van der Waals surface area contributed by atoms with Crippen molar-refractivity contribution in [2.75, 3.05) is 5.32 Å². The maximum Gasteiger partial charge on any atom is 0.135 e. The average molecular weight is 347 g/mol. The van der Waals surface area contributed by atoms with Crippen molar-refractivity contribution in [3.05, 3.63) is 44.7 Å². The predicted octanol–water partition coefficient (Wildman–Crippen LogP) is 4.85. The van der Waals surface area contributed by atoms with Crippen LogP contribution >= 0.6 is 39.1 Å². The summed E-state index contributed by atoms with van der Waals surface area (Å²) in [6, 6.07) is 7.06. The topological polar surface area (TPSA) is 37.8 Å². The molecule has 0 saturated heterocycles. The Hall–Kier alpha value is -0.840. The fourth-order valence-corrected chi connectivity index (χ4v) is 2.41. The van der Waals surface area contributed by atoms with Crippen LogP contribution in [0.25, 0.3) is 0 Å². The lowest BCUT2D eigenvalue weighted by Crippen LogP contribution is -1.99. The van der Waals surface area contributed by atoms with Gasteiger partial charge in [0.2, 0.25) is 0 Å². The Morgan fingerprint density at radius 1 is 1.11 bits per heavy atom. The Labute approximate surface area is 124 Å². The van der Waals surface area contributed by atoms with Gasteiger partial charge in [-0.1, -0.05) is 30.1 Å². The molecule has 0 aliphatic heterocycles. The Morgan fingerprint density at radius 2 is 1.78 bits per heavy atom. The third-order valence-electron chi connectivity index (χ3n) is 2.19. The number of aryl methyl sites for hydroxylation is 1. The molecule has 0 amide bonds. The Balaban J connectivity index is 2.30. The van der Waals surface area contributed by atoms with E-state index in [9.17, 15) is 0 Å². The summed E-state index contributed by atoms with van der Waals surface area (Å²) in [5.74, 6) is 1.46. The maximum atomic E-state index is 5.94. The first-order valence-corrected chi connectivity index (χ1v) is 6.88. The highest BCUT2D eigenvalue weighted by Gasteiger charge is 2.03. The molecule has 0 radical (unpaired) electrons. The highest BCUT2D eigenvalue weighted by atomic mass is 79.9. The molecule has 1 heterocycles. The lowest BCUT2D eigenvalue weighted by Gasteiger charge is -2.08. The van der Waals surface area contributed by atoms with Crippen molar-refractivity contribution in [3.8, 4) is 0 Å². The molecular weight excluding hydrogens is 337 g/mol. The third kappa shape index (κ3) is 3.57. The molecule has 1 aromatic carbocycles. The molecule has 0 spiro atoms. The normalized spacial score (nSPS) is 10.4. The lowest BCUT2D eigenvalue weighted by atomic mass is 10.3. The molecule has 0 atom stereocenters. The van der Waals surface area contributed by atoms with Gasteiger partial charge in [0.1, 0.15) is 16.2 Å². The molecule has 1 aromatic heterocycles. The number of hydrogen-bond acceptors (Lipinski definition) is 3. The summed E-state index contributed by atoms with van der Waals surface area (Å²) in [6.07, 6.45) is 0.768. The SMILES string of the molecule is CCc1nc(Br)cc(Nc2cc(Cl)cc(Cl)c2)n1. The van der Waals surface area contributed by atoms with Gasteiger partial charge in [-0.25, -0.2) is 9.97 Å². The monoisotopic (exact) mass is 345 g/mol. The largest absolute Gasteiger partial charge is 0.340 e. The van der Waals surface area contributed by atoms with Crippen LogP contribution in [0, 0.1) is 0 Å². The van der Waals surface area contributed by atoms with Crippen LogP contribution in [-0.2, 0) is 6.42 Å². The predicted molar refractivity (Wildman–Crippen MR) is 78.9 cm³/mol. The summed E-state index contributed by atoms with van der Waals surface area (Å²) >= 11 is 15.2. The number of rotatable bonds is 3. The van der Waals surface area contributed by atoms with Gasteiger partial charge in [0.25, 0.3) is 0 Å². The number of aromatic nitrogens is 2. The smallest absolute Gasteiger partial charge is 0.135 e. The molecule has 0 fully saturated rings. The first-order valence-electron chi connectivity index (χ1n) is 5.33. The summed E-state index contributed by atoms with van der Waals surface area (Å²) in [4.78, 5) is 8.61. The molecule has 0 aliphatic rings.